The van der Waals surface area contributed by atoms with Crippen LogP contribution in [0.3, 0.4) is 0 Å². The predicted octanol–water partition coefficient (Wildman–Crippen LogP) is 2.16. The highest BCUT2D eigenvalue weighted by Gasteiger charge is 2.56. The third-order valence-electron chi connectivity index (χ3n) is 5.10. The first-order chi connectivity index (χ1) is 11.9. The highest BCUT2D eigenvalue weighted by molar-refractivity contribution is 7.61. The average Bonchev–Trinajstić information content (AvgIpc) is 2.58. The molecule has 0 radical (unpaired) electrons. The minimum absolute atomic E-state index is 0.0489. The van der Waals surface area contributed by atoms with E-state index < -0.39 is 18.5 Å². The number of rotatable bonds is 9. The lowest BCUT2D eigenvalue weighted by Crippen LogP contribution is -2.54. The molecule has 0 amide bonds. The largest absolute Gasteiger partial charge is 0.480 e. The molecule has 140 valence electrons. The number of aryl methyl sites for hydroxylation is 1. The second kappa shape index (κ2) is 8.95. The number of carboxylic acid groups (broad SMARTS) is 1. The van der Waals surface area contributed by atoms with Crippen molar-refractivity contribution < 1.29 is 19.4 Å². The van der Waals surface area contributed by atoms with Crippen LogP contribution in [0.4, 0.5) is 0 Å². The Morgan fingerprint density at radius 3 is 2.60 bits per heavy atom. The zero-order chi connectivity index (χ0) is 18.3. The quantitative estimate of drug-likeness (QED) is 0.456. The van der Waals surface area contributed by atoms with Gasteiger partial charge in [0, 0.05) is 19.3 Å². The van der Waals surface area contributed by atoms with Gasteiger partial charge in [0.2, 0.25) is 7.37 Å². The van der Waals surface area contributed by atoms with Gasteiger partial charge in [-0.1, -0.05) is 36.8 Å². The summed E-state index contributed by atoms with van der Waals surface area (Å²) < 4.78 is 12.7. The summed E-state index contributed by atoms with van der Waals surface area (Å²) in [6.07, 6.45) is 3.31. The summed E-state index contributed by atoms with van der Waals surface area (Å²) in [4.78, 5) is 24.4. The van der Waals surface area contributed by atoms with E-state index in [0.717, 1.165) is 19.4 Å². The molecule has 1 aromatic rings. The van der Waals surface area contributed by atoms with Crippen LogP contribution in [0.2, 0.25) is 0 Å². The Balaban J connectivity index is 2.00. The zero-order valence-electron chi connectivity index (χ0n) is 14.6. The van der Waals surface area contributed by atoms with Gasteiger partial charge in [-0.3, -0.25) is 9.36 Å². The third kappa shape index (κ3) is 4.91. The van der Waals surface area contributed by atoms with Crippen molar-refractivity contribution in [2.24, 2.45) is 5.73 Å². The van der Waals surface area contributed by atoms with Gasteiger partial charge in [-0.15, -0.1) is 0 Å². The Morgan fingerprint density at radius 1 is 1.24 bits per heavy atom. The number of carboxylic acids is 1. The lowest BCUT2D eigenvalue weighted by molar-refractivity contribution is -0.141. The van der Waals surface area contributed by atoms with E-state index in [-0.39, 0.29) is 19.1 Å². The van der Waals surface area contributed by atoms with Gasteiger partial charge < -0.3 is 20.6 Å². The maximum Gasteiger partial charge on any atom is 0.320 e. The van der Waals surface area contributed by atoms with Crippen molar-refractivity contribution in [3.63, 3.8) is 0 Å². The van der Waals surface area contributed by atoms with Crippen molar-refractivity contribution in [2.45, 2.75) is 37.3 Å². The van der Waals surface area contributed by atoms with Crippen molar-refractivity contribution in [3.05, 3.63) is 35.9 Å². The molecule has 1 aliphatic rings. The Hall–Kier alpha value is -1.20. The Kier molecular flexibility index (Phi) is 7.20. The third-order valence-corrected chi connectivity index (χ3v) is 7.80. The van der Waals surface area contributed by atoms with Gasteiger partial charge in [0.1, 0.15) is 0 Å². The SMILES string of the molecule is NCCCCC1(C(=O)O)CN(CCCc2ccccc2)CCP1(=O)O. The van der Waals surface area contributed by atoms with E-state index in [4.69, 9.17) is 5.73 Å². The lowest BCUT2D eigenvalue weighted by atomic mass is 9.99. The molecule has 7 heteroatoms. The topological polar surface area (TPSA) is 104 Å². The number of hydrogen-bond acceptors (Lipinski definition) is 4. The molecule has 2 atom stereocenters. The number of nitrogens with zero attached hydrogens (tertiary/aromatic N) is 1. The molecule has 1 heterocycles. The van der Waals surface area contributed by atoms with Crippen LogP contribution in [-0.4, -0.2) is 58.4 Å². The van der Waals surface area contributed by atoms with E-state index in [1.54, 1.807) is 0 Å². The molecule has 1 saturated heterocycles. The molecule has 1 aliphatic heterocycles. The standard InChI is InChI=1S/C18H29N2O4P/c19-11-5-4-10-18(17(21)22)15-20(13-14-25(18,23)24)12-6-9-16-7-2-1-3-8-16/h1-3,7-8H,4-6,9-15,19H2,(H,21,22)(H,23,24). The number of benzene rings is 1. The summed E-state index contributed by atoms with van der Waals surface area (Å²) in [5, 5.41) is 8.21. The van der Waals surface area contributed by atoms with Crippen LogP contribution >= 0.6 is 7.37 Å². The molecule has 25 heavy (non-hydrogen) atoms. The van der Waals surface area contributed by atoms with Gasteiger partial charge in [0.25, 0.3) is 0 Å². The number of carbonyl (C=O) groups is 1. The fourth-order valence-corrected chi connectivity index (χ4v) is 5.74. The fourth-order valence-electron chi connectivity index (χ4n) is 3.53. The summed E-state index contributed by atoms with van der Waals surface area (Å²) in [6.45, 7) is 1.83. The van der Waals surface area contributed by atoms with Crippen molar-refractivity contribution in [2.75, 3.05) is 32.3 Å². The maximum absolute atomic E-state index is 12.7. The van der Waals surface area contributed by atoms with Crippen LogP contribution < -0.4 is 5.73 Å². The molecule has 6 nitrogen and oxygen atoms in total. The van der Waals surface area contributed by atoms with E-state index in [9.17, 15) is 19.4 Å². The van der Waals surface area contributed by atoms with Crippen molar-refractivity contribution in [1.82, 2.24) is 4.90 Å². The second-order valence-electron chi connectivity index (χ2n) is 6.87. The monoisotopic (exact) mass is 368 g/mol. The maximum atomic E-state index is 12.7. The summed E-state index contributed by atoms with van der Waals surface area (Å²) in [6, 6.07) is 10.1. The van der Waals surface area contributed by atoms with Crippen molar-refractivity contribution >= 4 is 13.3 Å². The molecule has 0 aliphatic carbocycles. The summed E-state index contributed by atoms with van der Waals surface area (Å²) in [5.41, 5.74) is 6.74. The summed E-state index contributed by atoms with van der Waals surface area (Å²) in [5.74, 6) is -1.15. The highest BCUT2D eigenvalue weighted by Crippen LogP contribution is 2.59. The van der Waals surface area contributed by atoms with E-state index >= 15 is 0 Å². The fraction of sp³-hybridized carbons (Fsp3) is 0.611. The van der Waals surface area contributed by atoms with Crippen molar-refractivity contribution in [3.8, 4) is 0 Å². The molecule has 4 N–H and O–H groups in total. The van der Waals surface area contributed by atoms with Crippen LogP contribution in [0.5, 0.6) is 0 Å². The normalized spacial score (nSPS) is 27.3. The molecule has 0 saturated carbocycles. The molecule has 1 aromatic carbocycles. The first-order valence-corrected chi connectivity index (χ1v) is 10.8. The van der Waals surface area contributed by atoms with Gasteiger partial charge in [0.15, 0.2) is 5.16 Å². The average molecular weight is 368 g/mol. The number of hydrogen-bond donors (Lipinski definition) is 3. The van der Waals surface area contributed by atoms with Gasteiger partial charge in [-0.2, -0.15) is 0 Å². The second-order valence-corrected chi connectivity index (χ2v) is 9.58. The van der Waals surface area contributed by atoms with Gasteiger partial charge in [0.05, 0.1) is 0 Å². The Bertz CT molecular complexity index is 610. The predicted molar refractivity (Wildman–Crippen MR) is 99.2 cm³/mol. The highest BCUT2D eigenvalue weighted by atomic mass is 31.2. The molecule has 2 unspecified atom stereocenters. The smallest absolute Gasteiger partial charge is 0.320 e. The van der Waals surface area contributed by atoms with E-state index in [1.807, 2.05) is 23.1 Å². The minimum atomic E-state index is -3.73. The zero-order valence-corrected chi connectivity index (χ0v) is 15.5. The molecular weight excluding hydrogens is 339 g/mol. The summed E-state index contributed by atoms with van der Waals surface area (Å²) >= 11 is 0. The van der Waals surface area contributed by atoms with Crippen LogP contribution in [-0.2, 0) is 15.8 Å². The molecule has 2 rings (SSSR count). The van der Waals surface area contributed by atoms with Gasteiger partial charge in [-0.25, -0.2) is 0 Å². The van der Waals surface area contributed by atoms with E-state index in [1.165, 1.54) is 5.56 Å². The number of unbranched alkanes of at least 4 members (excludes halogenated alkanes) is 1. The van der Waals surface area contributed by atoms with E-state index in [0.29, 0.717) is 25.9 Å². The molecule has 0 aromatic heterocycles. The Labute approximate surface area is 149 Å². The molecule has 0 bridgehead atoms. The number of aliphatic carboxylic acids is 1. The van der Waals surface area contributed by atoms with Crippen molar-refractivity contribution in [1.29, 1.82) is 0 Å². The van der Waals surface area contributed by atoms with Crippen LogP contribution in [0, 0.1) is 0 Å². The minimum Gasteiger partial charge on any atom is -0.480 e. The first kappa shape index (κ1) is 20.1. The van der Waals surface area contributed by atoms with Crippen LogP contribution in [0.1, 0.15) is 31.2 Å². The van der Waals surface area contributed by atoms with Gasteiger partial charge >= 0.3 is 5.97 Å². The molecule has 0 spiro atoms. The molecular formula is C18H29N2O4P. The number of nitrogens with two attached hydrogens (primary N) is 1. The first-order valence-electron chi connectivity index (χ1n) is 8.93. The lowest BCUT2D eigenvalue weighted by Gasteiger charge is -2.43. The Morgan fingerprint density at radius 2 is 1.96 bits per heavy atom. The van der Waals surface area contributed by atoms with Crippen LogP contribution in [0.15, 0.2) is 30.3 Å². The van der Waals surface area contributed by atoms with E-state index in [2.05, 4.69) is 12.1 Å². The van der Waals surface area contributed by atoms with Crippen LogP contribution in [0.25, 0.3) is 0 Å². The summed E-state index contributed by atoms with van der Waals surface area (Å²) in [7, 11) is -3.73. The molecule has 1 fully saturated rings. The van der Waals surface area contributed by atoms with Gasteiger partial charge in [-0.05, 0) is 44.3 Å².